The van der Waals surface area contributed by atoms with Crippen LogP contribution in [0.2, 0.25) is 5.02 Å². The van der Waals surface area contributed by atoms with Crippen molar-refractivity contribution in [3.8, 4) is 0 Å². The van der Waals surface area contributed by atoms with Gasteiger partial charge in [0.25, 0.3) is 0 Å². The minimum atomic E-state index is -2.20. The van der Waals surface area contributed by atoms with Crippen molar-refractivity contribution in [1.82, 2.24) is 9.21 Å². The topological polar surface area (TPSA) is 6.48 Å². The first-order valence-corrected chi connectivity index (χ1v) is 15.9. The first-order valence-electron chi connectivity index (χ1n) is 14.7. The Balaban J connectivity index is 2.12. The summed E-state index contributed by atoms with van der Waals surface area (Å²) in [5, 5.41) is 0.492. The van der Waals surface area contributed by atoms with Crippen molar-refractivity contribution in [2.45, 2.75) is 71.9 Å². The van der Waals surface area contributed by atoms with Crippen LogP contribution in [-0.4, -0.2) is 15.7 Å². The van der Waals surface area contributed by atoms with Crippen LogP contribution in [0.3, 0.4) is 0 Å². The Labute approximate surface area is 279 Å². The van der Waals surface area contributed by atoms with Gasteiger partial charge in [0.1, 0.15) is 4.90 Å². The molecule has 0 aliphatic rings. The minimum Gasteiger partial charge on any atom is -0.340 e. The van der Waals surface area contributed by atoms with Gasteiger partial charge in [-0.05, 0) is 86.0 Å². The molecule has 0 fully saturated rings. The normalized spacial score (nSPS) is 12.3. The molecule has 0 spiro atoms. The zero-order valence-electron chi connectivity index (χ0n) is 27.2. The maximum atomic E-state index is 14.9. The van der Waals surface area contributed by atoms with Crippen molar-refractivity contribution in [1.29, 1.82) is 0 Å². The first kappa shape index (κ1) is 37.1. The molecule has 0 radical (unpaired) electrons. The zero-order valence-corrected chi connectivity index (χ0v) is 28.8. The maximum absolute atomic E-state index is 14.9. The van der Waals surface area contributed by atoms with E-state index in [2.05, 4.69) is 45.5 Å². The third kappa shape index (κ3) is 9.84. The van der Waals surface area contributed by atoms with Gasteiger partial charge in [0.15, 0.2) is 23.3 Å². The van der Waals surface area contributed by atoms with E-state index in [9.17, 15) is 22.0 Å². The highest BCUT2D eigenvalue weighted by Crippen LogP contribution is 2.35. The summed E-state index contributed by atoms with van der Waals surface area (Å²) in [6, 6.07) is 13.2. The van der Waals surface area contributed by atoms with Crippen LogP contribution in [0.15, 0.2) is 95.2 Å². The van der Waals surface area contributed by atoms with Crippen molar-refractivity contribution < 1.29 is 22.0 Å². The van der Waals surface area contributed by atoms with Gasteiger partial charge in [-0.1, -0.05) is 92.6 Å². The first-order chi connectivity index (χ1) is 21.5. The highest BCUT2D eigenvalue weighted by molar-refractivity contribution is 7.97. The lowest BCUT2D eigenvalue weighted by Crippen LogP contribution is -2.29. The van der Waals surface area contributed by atoms with E-state index in [1.807, 2.05) is 56.9 Å². The Morgan fingerprint density at radius 3 is 1.98 bits per heavy atom. The average molecular weight is 675 g/mol. The van der Waals surface area contributed by atoms with Gasteiger partial charge in [0, 0.05) is 36.1 Å². The largest absolute Gasteiger partial charge is 0.340 e. The quantitative estimate of drug-likeness (QED) is 0.0621. The summed E-state index contributed by atoms with van der Waals surface area (Å²) in [7, 11) is 0. The van der Waals surface area contributed by atoms with Crippen LogP contribution in [0, 0.1) is 36.0 Å². The second-order valence-corrected chi connectivity index (χ2v) is 13.9. The molecule has 0 heterocycles. The van der Waals surface area contributed by atoms with E-state index in [0.717, 1.165) is 22.4 Å². The summed E-state index contributed by atoms with van der Waals surface area (Å²) in [4.78, 5) is 1.00. The molecule has 0 aliphatic heterocycles. The summed E-state index contributed by atoms with van der Waals surface area (Å²) >= 11 is 6.51. The number of rotatable bonds is 12. The third-order valence-electron chi connectivity index (χ3n) is 6.98. The number of benzene rings is 3. The van der Waals surface area contributed by atoms with Crippen molar-refractivity contribution in [2.24, 2.45) is 0 Å². The molecule has 0 bridgehead atoms. The Hall–Kier alpha value is -3.33. The molecule has 9 heteroatoms. The maximum Gasteiger partial charge on any atom is 0.200 e. The monoisotopic (exact) mass is 674 g/mol. The van der Waals surface area contributed by atoms with Crippen LogP contribution < -0.4 is 0 Å². The number of halogens is 6. The Morgan fingerprint density at radius 1 is 0.848 bits per heavy atom. The van der Waals surface area contributed by atoms with E-state index in [0.29, 0.717) is 34.8 Å². The van der Waals surface area contributed by atoms with Crippen molar-refractivity contribution in [3.05, 3.63) is 147 Å². The summed E-state index contributed by atoms with van der Waals surface area (Å²) in [5.41, 5.74) is 6.32. The molecule has 0 saturated heterocycles. The van der Waals surface area contributed by atoms with Crippen LogP contribution in [0.5, 0.6) is 0 Å². The number of aryl methyl sites for hydroxylation is 1. The highest BCUT2D eigenvalue weighted by Gasteiger charge is 2.28. The lowest BCUT2D eigenvalue weighted by Gasteiger charge is -2.32. The molecule has 0 amide bonds. The van der Waals surface area contributed by atoms with Gasteiger partial charge < -0.3 is 4.90 Å². The van der Waals surface area contributed by atoms with Gasteiger partial charge in [0.2, 0.25) is 5.82 Å². The fourth-order valence-electron chi connectivity index (χ4n) is 4.61. The van der Waals surface area contributed by atoms with E-state index in [4.69, 9.17) is 11.6 Å². The molecule has 3 rings (SSSR count). The number of nitrogens with zero attached hydrogens (tertiary/aromatic N) is 2. The van der Waals surface area contributed by atoms with Gasteiger partial charge in [-0.15, -0.1) is 0 Å². The van der Waals surface area contributed by atoms with Crippen LogP contribution in [0.1, 0.15) is 63.8 Å². The second kappa shape index (κ2) is 16.0. The SMILES string of the molecule is C=C(CN(Cc1ccc(Cl)cc1)Sc1c(F)c(F)c(F)c(F)c1F)N(Cc1cc(C)cc(C(C)(C)C)c1)C(/C=C/C)=C/C=C(C)C. The highest BCUT2D eigenvalue weighted by atomic mass is 35.5. The molecule has 246 valence electrons. The van der Waals surface area contributed by atoms with E-state index in [1.54, 1.807) is 24.3 Å². The lowest BCUT2D eigenvalue weighted by atomic mass is 9.85. The predicted octanol–water partition coefficient (Wildman–Crippen LogP) is 11.6. The molecule has 2 nitrogen and oxygen atoms in total. The van der Waals surface area contributed by atoms with Gasteiger partial charge in [-0.2, -0.15) is 0 Å². The molecule has 3 aromatic rings. The standard InChI is InChI=1S/C37H40ClF5N2S/c1-9-10-30(16-11-23(2)3)45(22-27-17-24(4)18-28(19-27)37(6,7)8)25(5)20-44(21-26-12-14-29(38)15-13-26)46-36-34(42)32(40)31(39)33(41)35(36)43/h9-19H,5,20-22H2,1-4,6-8H3/b10-9+,30-16+. The lowest BCUT2D eigenvalue weighted by molar-refractivity contribution is 0.355. The molecule has 0 aromatic heterocycles. The minimum absolute atomic E-state index is 0.00838. The van der Waals surface area contributed by atoms with Crippen molar-refractivity contribution in [2.75, 3.05) is 6.54 Å². The third-order valence-corrected chi connectivity index (χ3v) is 8.29. The summed E-state index contributed by atoms with van der Waals surface area (Å²) in [6.45, 7) is 19.2. The fourth-order valence-corrected chi connectivity index (χ4v) is 5.76. The van der Waals surface area contributed by atoms with Crippen LogP contribution in [-0.2, 0) is 18.5 Å². The van der Waals surface area contributed by atoms with Crippen molar-refractivity contribution >= 4 is 23.5 Å². The Kier molecular flexibility index (Phi) is 12.9. The fraction of sp³-hybridized carbons (Fsp3) is 0.297. The number of hydrogen-bond acceptors (Lipinski definition) is 3. The smallest absolute Gasteiger partial charge is 0.200 e. The molecule has 0 N–H and O–H groups in total. The van der Waals surface area contributed by atoms with Gasteiger partial charge in [-0.25, -0.2) is 26.3 Å². The number of allylic oxidation sites excluding steroid dienone is 5. The molecule has 0 unspecified atom stereocenters. The molecular formula is C37H40ClF5N2S. The molecular weight excluding hydrogens is 635 g/mol. The molecule has 0 atom stereocenters. The molecule has 0 aliphatic carbocycles. The molecule has 3 aromatic carbocycles. The molecule has 46 heavy (non-hydrogen) atoms. The van der Waals surface area contributed by atoms with Gasteiger partial charge in [0.05, 0.1) is 0 Å². The summed E-state index contributed by atoms with van der Waals surface area (Å²) in [6.07, 6.45) is 7.77. The van der Waals surface area contributed by atoms with Crippen molar-refractivity contribution in [3.63, 3.8) is 0 Å². The Morgan fingerprint density at radius 2 is 1.43 bits per heavy atom. The van der Waals surface area contributed by atoms with Gasteiger partial charge >= 0.3 is 0 Å². The second-order valence-electron chi connectivity index (χ2n) is 12.4. The van der Waals surface area contributed by atoms with Gasteiger partial charge in [-0.3, -0.25) is 0 Å². The van der Waals surface area contributed by atoms with E-state index >= 15 is 0 Å². The van der Waals surface area contributed by atoms with Crippen LogP contribution >= 0.6 is 23.5 Å². The average Bonchev–Trinajstić information content (AvgIpc) is 2.98. The zero-order chi connectivity index (χ0) is 34.3. The summed E-state index contributed by atoms with van der Waals surface area (Å²) < 4.78 is 73.5. The van der Waals surface area contributed by atoms with E-state index in [-0.39, 0.29) is 18.5 Å². The van der Waals surface area contributed by atoms with E-state index in [1.165, 1.54) is 9.87 Å². The van der Waals surface area contributed by atoms with Crippen LogP contribution in [0.4, 0.5) is 22.0 Å². The Bertz CT molecular complexity index is 1620. The summed E-state index contributed by atoms with van der Waals surface area (Å²) in [5.74, 6) is -9.98. The predicted molar refractivity (Wildman–Crippen MR) is 181 cm³/mol. The number of hydrogen-bond donors (Lipinski definition) is 0. The molecule has 0 saturated carbocycles. The van der Waals surface area contributed by atoms with E-state index < -0.39 is 34.0 Å². The van der Waals surface area contributed by atoms with Crippen LogP contribution in [0.25, 0.3) is 0 Å².